The van der Waals surface area contributed by atoms with E-state index in [9.17, 15) is 10.2 Å². The minimum absolute atomic E-state index is 0.145. The fourth-order valence-corrected chi connectivity index (χ4v) is 3.03. The molecular formula is C12H15IN4O3. The Morgan fingerprint density at radius 1 is 1.50 bits per heavy atom. The number of hydrogen-bond donors (Lipinski definition) is 2. The van der Waals surface area contributed by atoms with Crippen molar-refractivity contribution >= 4 is 33.8 Å². The molecule has 0 spiro atoms. The van der Waals surface area contributed by atoms with Crippen molar-refractivity contribution in [2.75, 3.05) is 6.61 Å². The molecule has 0 aromatic carbocycles. The zero-order valence-electron chi connectivity index (χ0n) is 11.1. The van der Waals surface area contributed by atoms with Crippen LogP contribution in [-0.2, 0) is 4.74 Å². The zero-order chi connectivity index (χ0) is 14.5. The Morgan fingerprint density at radius 2 is 2.25 bits per heavy atom. The van der Waals surface area contributed by atoms with E-state index < -0.39 is 21.9 Å². The second kappa shape index (κ2) is 4.86. The van der Waals surface area contributed by atoms with Crippen molar-refractivity contribution in [1.82, 2.24) is 19.5 Å². The van der Waals surface area contributed by atoms with Gasteiger partial charge in [0, 0.05) is 0 Å². The molecule has 0 aliphatic carbocycles. The van der Waals surface area contributed by atoms with Gasteiger partial charge in [-0.15, -0.1) is 0 Å². The van der Waals surface area contributed by atoms with E-state index in [2.05, 4.69) is 37.5 Å². The smallest absolute Gasteiger partial charge is 0.165 e. The second-order valence-corrected chi connectivity index (χ2v) is 7.40. The van der Waals surface area contributed by atoms with Crippen LogP contribution in [0.15, 0.2) is 12.5 Å². The third-order valence-electron chi connectivity index (χ3n) is 3.66. The van der Waals surface area contributed by atoms with Crippen molar-refractivity contribution in [3.05, 3.63) is 18.3 Å². The number of rotatable bonds is 2. The predicted molar refractivity (Wildman–Crippen MR) is 79.5 cm³/mol. The lowest BCUT2D eigenvalue weighted by Gasteiger charge is -2.24. The van der Waals surface area contributed by atoms with Crippen LogP contribution in [0.1, 0.15) is 19.0 Å². The number of aliphatic hydroxyl groups excluding tert-OH is 2. The van der Waals surface area contributed by atoms with Crippen LogP contribution in [-0.4, -0.2) is 52.0 Å². The zero-order valence-corrected chi connectivity index (χ0v) is 13.2. The number of ether oxygens (including phenoxy) is 1. The van der Waals surface area contributed by atoms with Crippen LogP contribution in [0.4, 0.5) is 0 Å². The summed E-state index contributed by atoms with van der Waals surface area (Å²) < 4.78 is 6.91. The molecule has 4 atom stereocenters. The van der Waals surface area contributed by atoms with Crippen molar-refractivity contribution in [2.45, 2.75) is 35.7 Å². The highest BCUT2D eigenvalue weighted by molar-refractivity contribution is 14.1. The number of imidazole rings is 1. The Kier molecular flexibility index (Phi) is 3.43. The summed E-state index contributed by atoms with van der Waals surface area (Å²) in [5, 5.41) is 19.9. The van der Waals surface area contributed by atoms with Crippen molar-refractivity contribution in [1.29, 1.82) is 0 Å². The monoisotopic (exact) mass is 390 g/mol. The van der Waals surface area contributed by atoms with Crippen LogP contribution >= 0.6 is 22.6 Å². The van der Waals surface area contributed by atoms with Gasteiger partial charge in [-0.25, -0.2) is 15.0 Å². The molecule has 20 heavy (non-hydrogen) atoms. The van der Waals surface area contributed by atoms with Gasteiger partial charge in [-0.1, -0.05) is 22.6 Å². The predicted octanol–water partition coefficient (Wildman–Crippen LogP) is 0.579. The second-order valence-electron chi connectivity index (χ2n) is 5.07. The Hall–Kier alpha value is -0.840. The minimum atomic E-state index is -0.770. The van der Waals surface area contributed by atoms with Gasteiger partial charge in [0.2, 0.25) is 0 Å². The quantitative estimate of drug-likeness (QED) is 0.576. The molecule has 1 unspecified atom stereocenters. The van der Waals surface area contributed by atoms with E-state index in [1.54, 1.807) is 24.0 Å². The van der Waals surface area contributed by atoms with Gasteiger partial charge in [-0.05, 0) is 13.8 Å². The third kappa shape index (κ3) is 2.01. The first-order chi connectivity index (χ1) is 9.45. The molecule has 0 radical (unpaired) electrons. The van der Waals surface area contributed by atoms with E-state index in [0.29, 0.717) is 17.0 Å². The van der Waals surface area contributed by atoms with Gasteiger partial charge in [0.1, 0.15) is 23.5 Å². The SMILES string of the molecule is Cc1ncc2ncn([C@@H]3O[C@H](CO)[C@](C)(I)C3O)c2n1. The molecule has 0 amide bonds. The van der Waals surface area contributed by atoms with E-state index in [-0.39, 0.29) is 6.61 Å². The first kappa shape index (κ1) is 14.1. The molecule has 1 saturated heterocycles. The Morgan fingerprint density at radius 3 is 2.90 bits per heavy atom. The fourth-order valence-electron chi connectivity index (χ4n) is 2.38. The van der Waals surface area contributed by atoms with Gasteiger partial charge in [-0.2, -0.15) is 0 Å². The van der Waals surface area contributed by atoms with Gasteiger partial charge < -0.3 is 14.9 Å². The normalized spacial score (nSPS) is 34.0. The van der Waals surface area contributed by atoms with Crippen molar-refractivity contribution < 1.29 is 14.9 Å². The lowest BCUT2D eigenvalue weighted by molar-refractivity contribution is -0.0488. The summed E-state index contributed by atoms with van der Waals surface area (Å²) in [5.41, 5.74) is 1.27. The first-order valence-corrected chi connectivity index (χ1v) is 7.32. The maximum atomic E-state index is 10.5. The van der Waals surface area contributed by atoms with Crippen LogP contribution in [0.5, 0.6) is 0 Å². The number of aromatic nitrogens is 4. The highest BCUT2D eigenvalue weighted by Gasteiger charge is 2.52. The van der Waals surface area contributed by atoms with Crippen LogP contribution in [0.2, 0.25) is 0 Å². The molecule has 1 aliphatic heterocycles. The molecule has 7 nitrogen and oxygen atoms in total. The summed E-state index contributed by atoms with van der Waals surface area (Å²) in [6.45, 7) is 3.51. The molecule has 0 saturated carbocycles. The topological polar surface area (TPSA) is 93.3 Å². The number of aryl methyl sites for hydroxylation is 1. The maximum absolute atomic E-state index is 10.5. The van der Waals surface area contributed by atoms with Crippen LogP contribution in [0.3, 0.4) is 0 Å². The summed E-state index contributed by atoms with van der Waals surface area (Å²) in [6, 6.07) is 0. The van der Waals surface area contributed by atoms with Gasteiger partial charge in [0.25, 0.3) is 0 Å². The molecule has 3 heterocycles. The highest BCUT2D eigenvalue weighted by atomic mass is 127. The third-order valence-corrected chi connectivity index (χ3v) is 4.99. The largest absolute Gasteiger partial charge is 0.394 e. The first-order valence-electron chi connectivity index (χ1n) is 6.24. The van der Waals surface area contributed by atoms with E-state index in [4.69, 9.17) is 4.74 Å². The molecule has 0 bridgehead atoms. The molecule has 108 valence electrons. The van der Waals surface area contributed by atoms with Crippen LogP contribution in [0.25, 0.3) is 11.2 Å². The van der Waals surface area contributed by atoms with Gasteiger partial charge in [0.15, 0.2) is 11.9 Å². The van der Waals surface area contributed by atoms with Gasteiger partial charge in [-0.3, -0.25) is 4.57 Å². The summed E-state index contributed by atoms with van der Waals surface area (Å²) in [5.74, 6) is 0.627. The van der Waals surface area contributed by atoms with E-state index >= 15 is 0 Å². The summed E-state index contributed by atoms with van der Waals surface area (Å²) in [6.07, 6.45) is 1.39. The molecule has 2 aromatic rings. The number of halogens is 1. The van der Waals surface area contributed by atoms with Crippen LogP contribution in [0, 0.1) is 6.92 Å². The standard InChI is InChI=1S/C12H15IN4O3/c1-6-14-3-7-10(16-6)17(5-15-7)11-9(19)12(2,13)8(4-18)20-11/h3,5,8-9,11,18-19H,4H2,1-2H3/t8-,9?,11-,12+/m1/s1. The van der Waals surface area contributed by atoms with Crippen molar-refractivity contribution in [3.8, 4) is 0 Å². The number of aliphatic hydroxyl groups is 2. The van der Waals surface area contributed by atoms with Gasteiger partial charge in [0.05, 0.1) is 22.6 Å². The van der Waals surface area contributed by atoms with Gasteiger partial charge >= 0.3 is 0 Å². The molecule has 1 fully saturated rings. The average Bonchev–Trinajstić information content (AvgIpc) is 2.90. The minimum Gasteiger partial charge on any atom is -0.394 e. The molecule has 3 rings (SSSR count). The number of alkyl halides is 1. The Balaban J connectivity index is 2.06. The van der Waals surface area contributed by atoms with E-state index in [1.165, 1.54) is 0 Å². The van der Waals surface area contributed by atoms with Crippen molar-refractivity contribution in [2.24, 2.45) is 0 Å². The maximum Gasteiger partial charge on any atom is 0.165 e. The van der Waals surface area contributed by atoms with Crippen LogP contribution < -0.4 is 0 Å². The van der Waals surface area contributed by atoms with Crippen molar-refractivity contribution in [3.63, 3.8) is 0 Å². The molecule has 8 heteroatoms. The summed E-state index contributed by atoms with van der Waals surface area (Å²) in [7, 11) is 0. The average molecular weight is 390 g/mol. The highest BCUT2D eigenvalue weighted by Crippen LogP contribution is 2.43. The number of fused-ring (bicyclic) bond motifs is 1. The molecule has 2 N–H and O–H groups in total. The number of nitrogens with zero attached hydrogens (tertiary/aromatic N) is 4. The van der Waals surface area contributed by atoms with E-state index in [1.807, 2.05) is 6.92 Å². The summed E-state index contributed by atoms with van der Waals surface area (Å²) in [4.78, 5) is 12.7. The summed E-state index contributed by atoms with van der Waals surface area (Å²) >= 11 is 2.12. The molecular weight excluding hydrogens is 375 g/mol. The molecule has 2 aromatic heterocycles. The number of hydrogen-bond acceptors (Lipinski definition) is 6. The lowest BCUT2D eigenvalue weighted by atomic mass is 10.0. The Labute approximate surface area is 129 Å². The Bertz CT molecular complexity index is 645. The fraction of sp³-hybridized carbons (Fsp3) is 0.583. The van der Waals surface area contributed by atoms with E-state index in [0.717, 1.165) is 0 Å². The molecule has 1 aliphatic rings. The lowest BCUT2D eigenvalue weighted by Crippen LogP contribution is -2.40.